The molecule has 0 fully saturated rings. The maximum Gasteiger partial charge on any atom is 0.271 e. The van der Waals surface area contributed by atoms with Crippen LogP contribution >= 0.6 is 0 Å². The number of methoxy groups -OCH3 is 1. The Balaban J connectivity index is 1.82. The smallest absolute Gasteiger partial charge is 0.271 e. The zero-order chi connectivity index (χ0) is 17.1. The summed E-state index contributed by atoms with van der Waals surface area (Å²) in [6, 6.07) is 13.5. The van der Waals surface area contributed by atoms with E-state index in [0.717, 1.165) is 5.39 Å². The molecular weight excluding hydrogens is 308 g/mol. The molecule has 1 heterocycles. The van der Waals surface area contributed by atoms with Gasteiger partial charge in [-0.3, -0.25) is 4.79 Å². The second kappa shape index (κ2) is 6.45. The number of hydrogen-bond acceptors (Lipinski definition) is 5. The number of phenolic OH excluding ortho intramolecular Hbond substituents is 1. The predicted molar refractivity (Wildman–Crippen MR) is 90.6 cm³/mol. The van der Waals surface area contributed by atoms with E-state index in [-0.39, 0.29) is 5.75 Å². The minimum absolute atomic E-state index is 0.0210. The number of carbonyl (C=O) groups excluding carboxylic acids is 1. The molecule has 2 aromatic carbocycles. The fraction of sp³-hybridized carbons (Fsp3) is 0.111. The predicted octanol–water partition coefficient (Wildman–Crippen LogP) is 3.30. The lowest BCUT2D eigenvalue weighted by atomic mass is 10.2. The van der Waals surface area contributed by atoms with Gasteiger partial charge in [0, 0.05) is 10.9 Å². The van der Waals surface area contributed by atoms with Crippen molar-refractivity contribution in [3.63, 3.8) is 0 Å². The molecule has 24 heavy (non-hydrogen) atoms. The standard InChI is InChI=1S/C18H16N2O4/c1-11(19-20-18(22)13-6-3-7-14(21)9-13)16-10-12-5-4-8-15(23-2)17(12)24-16/h3-10,21H,1-2H3,(H,20,22)/b19-11-. The lowest BCUT2D eigenvalue weighted by molar-refractivity contribution is 0.0954. The van der Waals surface area contributed by atoms with Crippen LogP contribution in [-0.2, 0) is 0 Å². The molecule has 0 bridgehead atoms. The van der Waals surface area contributed by atoms with Gasteiger partial charge in [-0.25, -0.2) is 5.43 Å². The van der Waals surface area contributed by atoms with Crippen molar-refractivity contribution < 1.29 is 19.1 Å². The molecule has 3 aromatic rings. The summed E-state index contributed by atoms with van der Waals surface area (Å²) in [4.78, 5) is 12.0. The second-order valence-corrected chi connectivity index (χ2v) is 5.18. The van der Waals surface area contributed by atoms with Crippen LogP contribution in [0.15, 0.2) is 58.0 Å². The van der Waals surface area contributed by atoms with Crippen molar-refractivity contribution >= 4 is 22.6 Å². The highest BCUT2D eigenvalue weighted by Gasteiger charge is 2.11. The monoisotopic (exact) mass is 324 g/mol. The summed E-state index contributed by atoms with van der Waals surface area (Å²) < 4.78 is 11.0. The fourth-order valence-electron chi connectivity index (χ4n) is 2.28. The highest BCUT2D eigenvalue weighted by Crippen LogP contribution is 2.28. The molecule has 122 valence electrons. The summed E-state index contributed by atoms with van der Waals surface area (Å²) in [5.74, 6) is 0.771. The van der Waals surface area contributed by atoms with Crippen molar-refractivity contribution in [2.45, 2.75) is 6.92 Å². The second-order valence-electron chi connectivity index (χ2n) is 5.18. The van der Waals surface area contributed by atoms with Crippen molar-refractivity contribution in [2.75, 3.05) is 7.11 Å². The number of ether oxygens (including phenoxy) is 1. The van der Waals surface area contributed by atoms with E-state index in [0.29, 0.717) is 28.4 Å². The topological polar surface area (TPSA) is 84.1 Å². The summed E-state index contributed by atoms with van der Waals surface area (Å²) in [5.41, 5.74) is 3.91. The van der Waals surface area contributed by atoms with Gasteiger partial charge in [-0.1, -0.05) is 18.2 Å². The fourth-order valence-corrected chi connectivity index (χ4v) is 2.28. The van der Waals surface area contributed by atoms with Gasteiger partial charge in [-0.05, 0) is 37.3 Å². The van der Waals surface area contributed by atoms with Crippen LogP contribution < -0.4 is 10.2 Å². The first kappa shape index (κ1) is 15.6. The van der Waals surface area contributed by atoms with Crippen LogP contribution in [0, 0.1) is 0 Å². The Morgan fingerprint density at radius 1 is 1.21 bits per heavy atom. The molecule has 1 aromatic heterocycles. The molecule has 0 saturated heterocycles. The van der Waals surface area contributed by atoms with E-state index in [9.17, 15) is 9.90 Å². The van der Waals surface area contributed by atoms with E-state index in [1.807, 2.05) is 24.3 Å². The maximum atomic E-state index is 12.0. The summed E-state index contributed by atoms with van der Waals surface area (Å²) in [7, 11) is 1.58. The highest BCUT2D eigenvalue weighted by atomic mass is 16.5. The molecule has 0 unspecified atom stereocenters. The first-order chi connectivity index (χ1) is 11.6. The molecule has 0 spiro atoms. The Bertz CT molecular complexity index is 928. The highest BCUT2D eigenvalue weighted by molar-refractivity contribution is 6.02. The number of hydrogen-bond donors (Lipinski definition) is 2. The maximum absolute atomic E-state index is 12.0. The molecule has 6 heteroatoms. The van der Waals surface area contributed by atoms with Crippen LogP contribution in [0.4, 0.5) is 0 Å². The number of nitrogens with one attached hydrogen (secondary N) is 1. The number of para-hydroxylation sites is 1. The number of aromatic hydroxyl groups is 1. The first-order valence-electron chi connectivity index (χ1n) is 7.29. The number of furan rings is 1. The van der Waals surface area contributed by atoms with E-state index in [2.05, 4.69) is 10.5 Å². The molecule has 2 N–H and O–H groups in total. The average molecular weight is 324 g/mol. The largest absolute Gasteiger partial charge is 0.508 e. The summed E-state index contributed by atoms with van der Waals surface area (Å²) >= 11 is 0. The molecule has 0 aliphatic heterocycles. The van der Waals surface area contributed by atoms with Crippen LogP contribution in [0.1, 0.15) is 23.0 Å². The van der Waals surface area contributed by atoms with Crippen molar-refractivity contribution in [1.82, 2.24) is 5.43 Å². The number of fused-ring (bicyclic) bond motifs is 1. The van der Waals surface area contributed by atoms with E-state index >= 15 is 0 Å². The third-order valence-corrected chi connectivity index (χ3v) is 3.52. The number of benzene rings is 2. The van der Waals surface area contributed by atoms with E-state index in [4.69, 9.17) is 9.15 Å². The van der Waals surface area contributed by atoms with Gasteiger partial charge >= 0.3 is 0 Å². The Hall–Kier alpha value is -3.28. The molecule has 0 aliphatic carbocycles. The Kier molecular flexibility index (Phi) is 4.20. The number of amides is 1. The quantitative estimate of drug-likeness (QED) is 0.570. The first-order valence-corrected chi connectivity index (χ1v) is 7.29. The van der Waals surface area contributed by atoms with Crippen molar-refractivity contribution in [2.24, 2.45) is 5.10 Å². The van der Waals surface area contributed by atoms with Gasteiger partial charge in [0.2, 0.25) is 0 Å². The minimum Gasteiger partial charge on any atom is -0.508 e. The summed E-state index contributed by atoms with van der Waals surface area (Å²) in [6.07, 6.45) is 0. The Morgan fingerprint density at radius 3 is 2.75 bits per heavy atom. The van der Waals surface area contributed by atoms with Gasteiger partial charge < -0.3 is 14.3 Å². The molecule has 0 aliphatic rings. The number of phenols is 1. The van der Waals surface area contributed by atoms with Gasteiger partial charge in [0.15, 0.2) is 17.1 Å². The molecule has 0 radical (unpaired) electrons. The molecular formula is C18H16N2O4. The molecule has 0 saturated carbocycles. The van der Waals surface area contributed by atoms with Crippen molar-refractivity contribution in [1.29, 1.82) is 0 Å². The molecule has 3 rings (SSSR count). The van der Waals surface area contributed by atoms with Gasteiger partial charge in [-0.15, -0.1) is 0 Å². The number of rotatable bonds is 4. The van der Waals surface area contributed by atoms with Crippen LogP contribution in [-0.4, -0.2) is 23.8 Å². The van der Waals surface area contributed by atoms with E-state index in [1.54, 1.807) is 26.2 Å². The van der Waals surface area contributed by atoms with Crippen LogP contribution in [0.25, 0.3) is 11.0 Å². The van der Waals surface area contributed by atoms with E-state index in [1.165, 1.54) is 12.1 Å². The molecule has 6 nitrogen and oxygen atoms in total. The lowest BCUT2D eigenvalue weighted by Crippen LogP contribution is -2.19. The lowest BCUT2D eigenvalue weighted by Gasteiger charge is -2.02. The Labute approximate surface area is 138 Å². The summed E-state index contributed by atoms with van der Waals surface area (Å²) in [5, 5.41) is 14.3. The normalized spacial score (nSPS) is 11.5. The van der Waals surface area contributed by atoms with E-state index < -0.39 is 5.91 Å². The van der Waals surface area contributed by atoms with Gasteiger partial charge in [0.25, 0.3) is 5.91 Å². The Morgan fingerprint density at radius 2 is 2.00 bits per heavy atom. The third kappa shape index (κ3) is 3.08. The molecule has 0 atom stereocenters. The van der Waals surface area contributed by atoms with Crippen LogP contribution in [0.2, 0.25) is 0 Å². The SMILES string of the molecule is COc1cccc2cc(/C(C)=N\NC(=O)c3cccc(O)c3)oc12. The van der Waals surface area contributed by atoms with Crippen LogP contribution in [0.5, 0.6) is 11.5 Å². The van der Waals surface area contributed by atoms with Gasteiger partial charge in [0.1, 0.15) is 11.5 Å². The summed E-state index contributed by atoms with van der Waals surface area (Å²) in [6.45, 7) is 1.73. The zero-order valence-electron chi connectivity index (χ0n) is 13.2. The average Bonchev–Trinajstić information content (AvgIpc) is 3.03. The zero-order valence-corrected chi connectivity index (χ0v) is 13.2. The molecule has 1 amide bonds. The number of hydrazone groups is 1. The van der Waals surface area contributed by atoms with Crippen molar-refractivity contribution in [3.8, 4) is 11.5 Å². The minimum atomic E-state index is -0.418. The van der Waals surface area contributed by atoms with Crippen LogP contribution in [0.3, 0.4) is 0 Å². The number of carbonyl (C=O) groups is 1. The van der Waals surface area contributed by atoms with Gasteiger partial charge in [0.05, 0.1) is 7.11 Å². The third-order valence-electron chi connectivity index (χ3n) is 3.52. The number of nitrogens with zero attached hydrogens (tertiary/aromatic N) is 1. The van der Waals surface area contributed by atoms with Crippen molar-refractivity contribution in [3.05, 3.63) is 59.9 Å². The van der Waals surface area contributed by atoms with Gasteiger partial charge in [-0.2, -0.15) is 5.10 Å².